The highest BCUT2D eigenvalue weighted by Gasteiger charge is 2.27. The molecule has 0 unspecified atom stereocenters. The largest absolute Gasteiger partial charge is 0.453 e. The molecule has 6 nitrogen and oxygen atoms in total. The van der Waals surface area contributed by atoms with Gasteiger partial charge in [-0.1, -0.05) is 0 Å². The van der Waals surface area contributed by atoms with Gasteiger partial charge in [0.05, 0.1) is 25.8 Å². The smallest absolute Gasteiger partial charge is 0.409 e. The Bertz CT molecular complexity index is 460. The van der Waals surface area contributed by atoms with Gasteiger partial charge in [-0.2, -0.15) is 4.74 Å². The van der Waals surface area contributed by atoms with Crippen molar-refractivity contribution in [2.75, 3.05) is 13.7 Å². The minimum Gasteiger partial charge on any atom is -0.453 e. The maximum absolute atomic E-state index is 11.8. The molecule has 0 bridgehead atoms. The fourth-order valence-electron chi connectivity index (χ4n) is 1.85. The molecule has 0 saturated heterocycles. The molecule has 1 amide bonds. The molecule has 0 spiro atoms. The summed E-state index contributed by atoms with van der Waals surface area (Å²) in [5.74, 6) is 0.687. The Morgan fingerprint density at radius 2 is 2.31 bits per heavy atom. The van der Waals surface area contributed by atoms with E-state index in [2.05, 4.69) is 4.74 Å². The summed E-state index contributed by atoms with van der Waals surface area (Å²) in [7, 11) is 1.33. The molecule has 0 saturated carbocycles. The third-order valence-electron chi connectivity index (χ3n) is 2.72. The number of aryl methyl sites for hydroxylation is 1. The van der Waals surface area contributed by atoms with Gasteiger partial charge in [0.25, 0.3) is 5.56 Å². The lowest BCUT2D eigenvalue weighted by Crippen LogP contribution is -2.37. The summed E-state index contributed by atoms with van der Waals surface area (Å²) in [4.78, 5) is 24.6. The van der Waals surface area contributed by atoms with E-state index in [-0.39, 0.29) is 12.1 Å². The van der Waals surface area contributed by atoms with E-state index in [4.69, 9.17) is 4.52 Å². The molecule has 88 valence electrons. The van der Waals surface area contributed by atoms with E-state index >= 15 is 0 Å². The summed E-state index contributed by atoms with van der Waals surface area (Å²) in [6.07, 6.45) is 0.154. The standard InChI is InChI=1S/C10H14N2O4/c1-3-12-9(13)7-6-11(10(14)15-2)5-4-8(7)16-12/h3-6H2,1-2H3. The number of aromatic nitrogens is 1. The van der Waals surface area contributed by atoms with Crippen LogP contribution in [0.5, 0.6) is 0 Å². The Morgan fingerprint density at radius 3 is 2.94 bits per heavy atom. The Hall–Kier alpha value is -1.72. The minimum absolute atomic E-state index is 0.147. The highest BCUT2D eigenvalue weighted by molar-refractivity contribution is 5.67. The van der Waals surface area contributed by atoms with Crippen molar-refractivity contribution in [1.82, 2.24) is 9.64 Å². The van der Waals surface area contributed by atoms with Crippen molar-refractivity contribution < 1.29 is 14.1 Å². The van der Waals surface area contributed by atoms with Crippen LogP contribution in [0.1, 0.15) is 18.2 Å². The van der Waals surface area contributed by atoms with Crippen molar-refractivity contribution >= 4 is 6.09 Å². The number of hydrogen-bond acceptors (Lipinski definition) is 4. The zero-order valence-electron chi connectivity index (χ0n) is 9.36. The molecule has 0 aliphatic carbocycles. The van der Waals surface area contributed by atoms with Gasteiger partial charge in [-0.25, -0.2) is 4.79 Å². The number of rotatable bonds is 1. The topological polar surface area (TPSA) is 64.7 Å². The monoisotopic (exact) mass is 226 g/mol. The molecule has 1 aromatic heterocycles. The number of fused-ring (bicyclic) bond motifs is 1. The first kappa shape index (κ1) is 10.8. The molecule has 0 aromatic carbocycles. The number of amides is 1. The highest BCUT2D eigenvalue weighted by atomic mass is 16.5. The van der Waals surface area contributed by atoms with E-state index in [0.717, 1.165) is 0 Å². The summed E-state index contributed by atoms with van der Waals surface area (Å²) in [6, 6.07) is 0. The van der Waals surface area contributed by atoms with Gasteiger partial charge in [0.2, 0.25) is 0 Å². The first-order valence-electron chi connectivity index (χ1n) is 5.22. The Balaban J connectivity index is 2.29. The second kappa shape index (κ2) is 4.03. The summed E-state index contributed by atoms with van der Waals surface area (Å²) in [6.45, 7) is 3.15. The van der Waals surface area contributed by atoms with Gasteiger partial charge in [-0.3, -0.25) is 4.79 Å². The van der Waals surface area contributed by atoms with Crippen LogP contribution in [0.4, 0.5) is 4.79 Å². The predicted molar refractivity (Wildman–Crippen MR) is 55.2 cm³/mol. The van der Waals surface area contributed by atoms with E-state index in [1.54, 1.807) is 0 Å². The van der Waals surface area contributed by atoms with E-state index < -0.39 is 6.09 Å². The molecule has 6 heteroatoms. The second-order valence-corrected chi connectivity index (χ2v) is 3.63. The average Bonchev–Trinajstić information content (AvgIpc) is 2.64. The van der Waals surface area contributed by atoms with Gasteiger partial charge in [-0.15, -0.1) is 0 Å². The number of methoxy groups -OCH3 is 1. The summed E-state index contributed by atoms with van der Waals surface area (Å²) >= 11 is 0. The van der Waals surface area contributed by atoms with Crippen LogP contribution in [0, 0.1) is 0 Å². The third-order valence-corrected chi connectivity index (χ3v) is 2.72. The molecule has 2 rings (SSSR count). The average molecular weight is 226 g/mol. The van der Waals surface area contributed by atoms with Crippen molar-refractivity contribution in [3.63, 3.8) is 0 Å². The van der Waals surface area contributed by atoms with Crippen molar-refractivity contribution in [1.29, 1.82) is 0 Å². The van der Waals surface area contributed by atoms with Crippen molar-refractivity contribution in [2.24, 2.45) is 0 Å². The molecule has 1 aliphatic heterocycles. The van der Waals surface area contributed by atoms with Gasteiger partial charge in [0.1, 0.15) is 5.76 Å². The van der Waals surface area contributed by atoms with Gasteiger partial charge in [-0.05, 0) is 6.92 Å². The van der Waals surface area contributed by atoms with Gasteiger partial charge < -0.3 is 14.2 Å². The molecule has 0 atom stereocenters. The predicted octanol–water partition coefficient (Wildman–Crippen LogP) is 0.586. The Kier molecular flexibility index (Phi) is 2.72. The molecule has 2 heterocycles. The summed E-state index contributed by atoms with van der Waals surface area (Å²) < 4.78 is 11.3. The van der Waals surface area contributed by atoms with Crippen LogP contribution in [0.3, 0.4) is 0 Å². The normalized spacial score (nSPS) is 14.8. The zero-order valence-corrected chi connectivity index (χ0v) is 9.36. The molecule has 0 N–H and O–H groups in total. The Labute approximate surface area is 92.4 Å². The van der Waals surface area contributed by atoms with Crippen molar-refractivity contribution in [3.8, 4) is 0 Å². The molecule has 16 heavy (non-hydrogen) atoms. The fourth-order valence-corrected chi connectivity index (χ4v) is 1.85. The van der Waals surface area contributed by atoms with Crippen LogP contribution in [-0.2, 0) is 24.2 Å². The fraction of sp³-hybridized carbons (Fsp3) is 0.600. The number of carbonyl (C=O) groups is 1. The number of nitrogens with zero attached hydrogens (tertiary/aromatic N) is 2. The molecule has 0 radical (unpaired) electrons. The highest BCUT2D eigenvalue weighted by Crippen LogP contribution is 2.16. The quantitative estimate of drug-likeness (QED) is 0.702. The first-order chi connectivity index (χ1) is 7.67. The van der Waals surface area contributed by atoms with Crippen LogP contribution in [-0.4, -0.2) is 29.4 Å². The van der Waals surface area contributed by atoms with Crippen LogP contribution in [0.25, 0.3) is 0 Å². The Morgan fingerprint density at radius 1 is 1.56 bits per heavy atom. The molecular formula is C10H14N2O4. The van der Waals surface area contributed by atoms with Gasteiger partial charge in [0, 0.05) is 13.0 Å². The lowest BCUT2D eigenvalue weighted by molar-refractivity contribution is 0.116. The molecular weight excluding hydrogens is 212 g/mol. The first-order valence-corrected chi connectivity index (χ1v) is 5.22. The lowest BCUT2D eigenvalue weighted by Gasteiger charge is -2.23. The lowest BCUT2D eigenvalue weighted by atomic mass is 10.1. The van der Waals surface area contributed by atoms with E-state index in [9.17, 15) is 9.59 Å². The number of ether oxygens (including phenoxy) is 1. The van der Waals surface area contributed by atoms with Crippen LogP contribution >= 0.6 is 0 Å². The van der Waals surface area contributed by atoms with Crippen LogP contribution in [0.15, 0.2) is 9.32 Å². The molecule has 0 fully saturated rings. The van der Waals surface area contributed by atoms with E-state index in [1.807, 2.05) is 6.92 Å². The van der Waals surface area contributed by atoms with Gasteiger partial charge in [0.15, 0.2) is 0 Å². The van der Waals surface area contributed by atoms with Gasteiger partial charge >= 0.3 is 6.09 Å². The number of hydrogen-bond donors (Lipinski definition) is 0. The maximum atomic E-state index is 11.8. The minimum atomic E-state index is -0.408. The van der Waals surface area contributed by atoms with E-state index in [1.165, 1.54) is 16.7 Å². The number of carbonyl (C=O) groups excluding carboxylic acids is 1. The van der Waals surface area contributed by atoms with E-state index in [0.29, 0.717) is 30.8 Å². The van der Waals surface area contributed by atoms with Crippen molar-refractivity contribution in [2.45, 2.75) is 26.4 Å². The summed E-state index contributed by atoms with van der Waals surface area (Å²) in [5, 5.41) is 0. The molecule has 1 aliphatic rings. The van der Waals surface area contributed by atoms with Crippen LogP contribution in [0.2, 0.25) is 0 Å². The third kappa shape index (κ3) is 1.60. The van der Waals surface area contributed by atoms with Crippen LogP contribution < -0.4 is 5.56 Å². The van der Waals surface area contributed by atoms with Crippen molar-refractivity contribution in [3.05, 3.63) is 21.7 Å². The second-order valence-electron chi connectivity index (χ2n) is 3.63. The molecule has 1 aromatic rings. The summed E-state index contributed by atoms with van der Waals surface area (Å²) in [5.41, 5.74) is 0.421. The SMILES string of the molecule is CCn1oc2c(c1=O)CN(C(=O)OC)CC2. The zero-order chi connectivity index (χ0) is 11.7. The maximum Gasteiger partial charge on any atom is 0.409 e.